The second kappa shape index (κ2) is 8.83. The van der Waals surface area contributed by atoms with Crippen molar-refractivity contribution in [2.24, 2.45) is 0 Å². The summed E-state index contributed by atoms with van der Waals surface area (Å²) in [6.45, 7) is 0.717. The number of carbonyl (C=O) groups excluding carboxylic acids is 1. The maximum Gasteiger partial charge on any atom is 0.481 e. The van der Waals surface area contributed by atoms with Crippen molar-refractivity contribution < 1.29 is 52.4 Å². The van der Waals surface area contributed by atoms with E-state index in [-0.39, 0.29) is 23.4 Å². The predicted octanol–water partition coefficient (Wildman–Crippen LogP) is -1.22. The van der Waals surface area contributed by atoms with Crippen LogP contribution in [0.15, 0.2) is 12.7 Å². The summed E-state index contributed by atoms with van der Waals surface area (Å²) in [6.07, 6.45) is -2.89. The van der Waals surface area contributed by atoms with Crippen LogP contribution < -0.4 is 5.73 Å². The van der Waals surface area contributed by atoms with Gasteiger partial charge in [-0.2, -0.15) is 4.31 Å². The van der Waals surface area contributed by atoms with Gasteiger partial charge < -0.3 is 35.4 Å². The molecule has 32 heavy (non-hydrogen) atoms. The molecule has 1 fully saturated rings. The second-order valence-electron chi connectivity index (χ2n) is 6.84. The lowest BCUT2D eigenvalue weighted by molar-refractivity contribution is -0.173. The lowest BCUT2D eigenvalue weighted by Crippen LogP contribution is -2.51. The van der Waals surface area contributed by atoms with Crippen LogP contribution in [-0.2, 0) is 33.2 Å². The number of nitrogen functional groups attached to an aromatic ring is 1. The number of ketones is 1. The van der Waals surface area contributed by atoms with Gasteiger partial charge in [-0.25, -0.2) is 24.1 Å². The van der Waals surface area contributed by atoms with E-state index in [1.807, 2.05) is 0 Å². The fourth-order valence-electron chi connectivity index (χ4n) is 3.33. The first kappa shape index (κ1) is 24.8. The normalized spacial score (nSPS) is 28.1. The lowest BCUT2D eigenvalue weighted by Gasteiger charge is -2.32. The Balaban J connectivity index is 1.98. The maximum atomic E-state index is 13.1. The quantitative estimate of drug-likeness (QED) is 0.222. The number of nitrogens with two attached hydrogens (primary N) is 1. The number of Topliss-reactive ketones (excluding diaryl/α,β-unsaturated/α-hetero) is 1. The van der Waals surface area contributed by atoms with Gasteiger partial charge in [0.05, 0.1) is 6.61 Å². The van der Waals surface area contributed by atoms with Crippen LogP contribution in [-0.4, -0.2) is 75.1 Å². The number of rotatable bonds is 9. The summed E-state index contributed by atoms with van der Waals surface area (Å²) < 4.78 is 37.4. The molecule has 0 aliphatic carbocycles. The van der Waals surface area contributed by atoms with E-state index in [1.165, 1.54) is 0 Å². The average Bonchev–Trinajstić information content (AvgIpc) is 3.21. The third-order valence-corrected chi connectivity index (χ3v) is 6.80. The van der Waals surface area contributed by atoms with Gasteiger partial charge in [-0.3, -0.25) is 13.9 Å². The second-order valence-corrected chi connectivity index (χ2v) is 9.67. The van der Waals surface area contributed by atoms with Gasteiger partial charge in [0.1, 0.15) is 36.5 Å². The molecular weight excluding hydrogens is 476 g/mol. The van der Waals surface area contributed by atoms with E-state index in [0.29, 0.717) is 6.42 Å². The molecule has 7 N–H and O–H groups in total. The van der Waals surface area contributed by atoms with Crippen LogP contribution in [0.5, 0.6) is 0 Å². The van der Waals surface area contributed by atoms with Crippen molar-refractivity contribution in [1.29, 1.82) is 0 Å². The molecule has 18 heteroatoms. The van der Waals surface area contributed by atoms with Gasteiger partial charge in [0.2, 0.25) is 5.72 Å². The largest absolute Gasteiger partial charge is 0.481 e. The molecule has 1 aliphatic heterocycles. The molecule has 16 nitrogen and oxygen atoms in total. The summed E-state index contributed by atoms with van der Waals surface area (Å²) in [7, 11) is -10.7. The minimum absolute atomic E-state index is 0.00688. The van der Waals surface area contributed by atoms with Crippen molar-refractivity contribution in [2.75, 3.05) is 12.3 Å². The number of aliphatic hydroxyl groups excluding tert-OH is 2. The first-order chi connectivity index (χ1) is 14.8. The first-order valence-corrected chi connectivity index (χ1v) is 12.1. The smallest absolute Gasteiger partial charge is 0.387 e. The molecule has 2 aromatic heterocycles. The van der Waals surface area contributed by atoms with Crippen LogP contribution in [0.25, 0.3) is 11.2 Å². The summed E-state index contributed by atoms with van der Waals surface area (Å²) in [5, 5.41) is 21.3. The molecule has 0 saturated carbocycles. The number of fused-ring (bicyclic) bond motifs is 1. The van der Waals surface area contributed by atoms with E-state index >= 15 is 0 Å². The summed E-state index contributed by atoms with van der Waals surface area (Å²) in [6, 6.07) is 0. The van der Waals surface area contributed by atoms with Crippen LogP contribution in [0.3, 0.4) is 0 Å². The van der Waals surface area contributed by atoms with Gasteiger partial charge in [-0.05, 0) is 6.42 Å². The molecule has 1 unspecified atom stereocenters. The number of nitrogens with zero attached hydrogens (tertiary/aromatic N) is 4. The zero-order chi connectivity index (χ0) is 23.9. The summed E-state index contributed by atoms with van der Waals surface area (Å²) >= 11 is 0. The van der Waals surface area contributed by atoms with Crippen LogP contribution in [0.2, 0.25) is 0 Å². The standard InChI is InChI=1S/C14H21N5O11P2/c1-2-3-8(20)14(19-6-18-9-12(15)16-5-17-13(9)19)11(22)10(21)7(29-14)4-28-32(26,27)30-31(23,24)25/h5-7,10-11,21-22H,2-4H2,1H3,(H,26,27)(H2,15,16,17)(H2,23,24,25)/t7-,10-,11-,14-/m1/s1. The molecule has 5 atom stereocenters. The van der Waals surface area contributed by atoms with Gasteiger partial charge in [-0.1, -0.05) is 6.92 Å². The van der Waals surface area contributed by atoms with Crippen molar-refractivity contribution >= 4 is 38.4 Å². The number of ether oxygens (including phenoxy) is 1. The summed E-state index contributed by atoms with van der Waals surface area (Å²) in [5.74, 6) is -0.695. The van der Waals surface area contributed by atoms with Crippen molar-refractivity contribution in [3.8, 4) is 0 Å². The Kier molecular flexibility index (Phi) is 6.85. The third-order valence-electron chi connectivity index (χ3n) is 4.64. The van der Waals surface area contributed by atoms with Crippen LogP contribution in [0, 0.1) is 0 Å². The first-order valence-electron chi connectivity index (χ1n) is 9.08. The van der Waals surface area contributed by atoms with E-state index in [2.05, 4.69) is 23.8 Å². The SMILES string of the molecule is CCCC(=O)[C@@]1(n2cnc3c(N)ncnc32)O[C@H](COP(=O)(O)OP(=O)(O)O)[C@@H](O)[C@H]1O. The van der Waals surface area contributed by atoms with E-state index in [1.54, 1.807) is 6.92 Å². The number of imidazole rings is 1. The molecular formula is C14H21N5O11P2. The maximum absolute atomic E-state index is 13.1. The Morgan fingerprint density at radius 3 is 2.59 bits per heavy atom. The minimum Gasteiger partial charge on any atom is -0.387 e. The van der Waals surface area contributed by atoms with E-state index in [4.69, 9.17) is 20.3 Å². The summed E-state index contributed by atoms with van der Waals surface area (Å²) in [4.78, 5) is 51.7. The highest BCUT2D eigenvalue weighted by Crippen LogP contribution is 2.57. The molecule has 3 heterocycles. The van der Waals surface area contributed by atoms with Crippen LogP contribution in [0.4, 0.5) is 5.82 Å². The van der Waals surface area contributed by atoms with Crippen molar-refractivity contribution in [3.05, 3.63) is 12.7 Å². The van der Waals surface area contributed by atoms with Gasteiger partial charge >= 0.3 is 15.6 Å². The summed E-state index contributed by atoms with van der Waals surface area (Å²) in [5.41, 5.74) is 3.60. The molecule has 0 radical (unpaired) electrons. The van der Waals surface area contributed by atoms with E-state index in [0.717, 1.165) is 17.2 Å². The number of phosphoric ester groups is 1. The molecule has 1 aliphatic rings. The highest BCUT2D eigenvalue weighted by atomic mass is 31.3. The zero-order valence-electron chi connectivity index (χ0n) is 16.5. The molecule has 0 bridgehead atoms. The van der Waals surface area contributed by atoms with E-state index < -0.39 is 52.1 Å². The number of hydrogen-bond donors (Lipinski definition) is 6. The Bertz CT molecular complexity index is 1110. The fourth-order valence-corrected chi connectivity index (χ4v) is 4.93. The van der Waals surface area contributed by atoms with Crippen LogP contribution in [0.1, 0.15) is 19.8 Å². The number of hydrogen-bond acceptors (Lipinski definition) is 12. The van der Waals surface area contributed by atoms with Gasteiger partial charge in [0, 0.05) is 6.42 Å². The minimum atomic E-state index is -5.38. The van der Waals surface area contributed by atoms with Crippen molar-refractivity contribution in [2.45, 2.75) is 43.8 Å². The van der Waals surface area contributed by atoms with Gasteiger partial charge in [0.25, 0.3) is 0 Å². The molecule has 0 spiro atoms. The predicted molar refractivity (Wildman–Crippen MR) is 103 cm³/mol. The molecule has 3 rings (SSSR count). The Morgan fingerprint density at radius 2 is 1.97 bits per heavy atom. The molecule has 2 aromatic rings. The van der Waals surface area contributed by atoms with Gasteiger partial charge in [-0.15, -0.1) is 0 Å². The van der Waals surface area contributed by atoms with Crippen molar-refractivity contribution in [1.82, 2.24) is 19.5 Å². The molecule has 0 amide bonds. The Hall–Kier alpha value is -1.84. The fraction of sp³-hybridized carbons (Fsp3) is 0.571. The monoisotopic (exact) mass is 497 g/mol. The average molecular weight is 497 g/mol. The van der Waals surface area contributed by atoms with Crippen molar-refractivity contribution in [3.63, 3.8) is 0 Å². The molecule has 0 aromatic carbocycles. The lowest BCUT2D eigenvalue weighted by atomic mass is 9.95. The Labute approximate surface area is 179 Å². The highest BCUT2D eigenvalue weighted by molar-refractivity contribution is 7.60. The third kappa shape index (κ3) is 4.61. The van der Waals surface area contributed by atoms with E-state index in [9.17, 15) is 29.0 Å². The topological polar surface area (TPSA) is 250 Å². The van der Waals surface area contributed by atoms with Crippen LogP contribution >= 0.6 is 15.6 Å². The number of phosphoric acid groups is 2. The highest BCUT2D eigenvalue weighted by Gasteiger charge is 2.60. The number of aliphatic hydroxyl groups is 2. The zero-order valence-corrected chi connectivity index (χ0v) is 18.2. The number of anilines is 1. The molecule has 1 saturated heterocycles. The Morgan fingerprint density at radius 1 is 1.28 bits per heavy atom. The molecule has 178 valence electrons. The number of carbonyl (C=O) groups is 1. The van der Waals surface area contributed by atoms with Gasteiger partial charge in [0.15, 0.2) is 17.2 Å². The number of aromatic nitrogens is 4.